The fourth-order valence-corrected chi connectivity index (χ4v) is 3.61. The molecule has 112 valence electrons. The lowest BCUT2D eigenvalue weighted by molar-refractivity contribution is 0.730. The van der Waals surface area contributed by atoms with Crippen LogP contribution in [0, 0.1) is 32.1 Å². The summed E-state index contributed by atoms with van der Waals surface area (Å²) in [5, 5.41) is 9.41. The Kier molecular flexibility index (Phi) is 3.33. The van der Waals surface area contributed by atoms with Gasteiger partial charge in [-0.05, 0) is 51.0 Å². The number of aryl methyl sites for hydroxylation is 3. The Morgan fingerprint density at radius 2 is 1.68 bits per heavy atom. The van der Waals surface area contributed by atoms with Crippen LogP contribution < -0.4 is 9.80 Å². The molecule has 0 bridgehead atoms. The van der Waals surface area contributed by atoms with E-state index in [1.165, 1.54) is 22.4 Å². The fourth-order valence-electron chi connectivity index (χ4n) is 3.61. The number of nitriles is 1. The number of nitrogens with zero attached hydrogens (tertiary/aromatic N) is 3. The number of anilines is 3. The summed E-state index contributed by atoms with van der Waals surface area (Å²) in [4.78, 5) is 4.53. The summed E-state index contributed by atoms with van der Waals surface area (Å²) in [6, 6.07) is 12.7. The van der Waals surface area contributed by atoms with Crippen LogP contribution >= 0.6 is 0 Å². The van der Waals surface area contributed by atoms with E-state index >= 15 is 0 Å². The van der Waals surface area contributed by atoms with Crippen LogP contribution in [-0.2, 0) is 0 Å². The number of para-hydroxylation sites is 1. The van der Waals surface area contributed by atoms with Gasteiger partial charge in [-0.2, -0.15) is 5.26 Å². The van der Waals surface area contributed by atoms with Gasteiger partial charge >= 0.3 is 0 Å². The van der Waals surface area contributed by atoms with Crippen molar-refractivity contribution >= 4 is 17.1 Å². The number of fused-ring (bicyclic) bond motifs is 1. The zero-order valence-electron chi connectivity index (χ0n) is 13.8. The molecule has 2 aromatic carbocycles. The first-order valence-electron chi connectivity index (χ1n) is 7.58. The van der Waals surface area contributed by atoms with Gasteiger partial charge in [0, 0.05) is 12.7 Å². The maximum Gasteiger partial charge on any atom is 0.103 e. The predicted molar refractivity (Wildman–Crippen MR) is 91.8 cm³/mol. The van der Waals surface area contributed by atoms with E-state index in [0.717, 1.165) is 16.9 Å². The summed E-state index contributed by atoms with van der Waals surface area (Å²) in [7, 11) is 2.06. The Bertz CT molecular complexity index is 763. The second-order valence-electron chi connectivity index (χ2n) is 6.15. The first kappa shape index (κ1) is 14.5. The van der Waals surface area contributed by atoms with Crippen molar-refractivity contribution in [3.63, 3.8) is 0 Å². The van der Waals surface area contributed by atoms with Crippen LogP contribution in [0.5, 0.6) is 0 Å². The molecule has 0 amide bonds. The molecule has 0 saturated carbocycles. The van der Waals surface area contributed by atoms with Crippen molar-refractivity contribution in [2.75, 3.05) is 16.8 Å². The standard InChI is InChI=1S/C19H21N3/c1-12-9-13(2)18(14(3)10-12)22-15(4)21(5)19-16(11-20)7-6-8-17(19)22/h6-10,15H,1-5H3/t15-/m0/s1. The Morgan fingerprint density at radius 3 is 2.27 bits per heavy atom. The maximum atomic E-state index is 9.41. The quantitative estimate of drug-likeness (QED) is 0.779. The fraction of sp³-hybridized carbons (Fsp3) is 0.316. The lowest BCUT2D eigenvalue weighted by Crippen LogP contribution is -2.36. The SMILES string of the molecule is Cc1cc(C)c(N2c3cccc(C#N)c3N(C)[C@@H]2C)c(C)c1. The van der Waals surface area contributed by atoms with Gasteiger partial charge in [0.05, 0.1) is 16.9 Å². The molecule has 2 aromatic rings. The number of hydrogen-bond donors (Lipinski definition) is 0. The second-order valence-corrected chi connectivity index (χ2v) is 6.15. The van der Waals surface area contributed by atoms with Crippen LogP contribution in [0.25, 0.3) is 0 Å². The Hall–Kier alpha value is -2.47. The molecule has 0 saturated heterocycles. The van der Waals surface area contributed by atoms with Crippen LogP contribution in [0.3, 0.4) is 0 Å². The molecule has 0 aromatic heterocycles. The molecule has 1 heterocycles. The predicted octanol–water partition coefficient (Wildman–Crippen LogP) is 4.42. The molecule has 0 spiro atoms. The first-order valence-corrected chi connectivity index (χ1v) is 7.58. The van der Waals surface area contributed by atoms with Crippen molar-refractivity contribution in [3.05, 3.63) is 52.6 Å². The van der Waals surface area contributed by atoms with Crippen LogP contribution in [0.15, 0.2) is 30.3 Å². The Balaban J connectivity index is 2.26. The molecular weight excluding hydrogens is 270 g/mol. The van der Waals surface area contributed by atoms with Crippen molar-refractivity contribution in [2.24, 2.45) is 0 Å². The van der Waals surface area contributed by atoms with E-state index in [-0.39, 0.29) is 6.17 Å². The molecule has 0 fully saturated rings. The van der Waals surface area contributed by atoms with Gasteiger partial charge < -0.3 is 9.80 Å². The van der Waals surface area contributed by atoms with Gasteiger partial charge in [0.15, 0.2) is 0 Å². The highest BCUT2D eigenvalue weighted by molar-refractivity contribution is 5.88. The second kappa shape index (κ2) is 5.06. The monoisotopic (exact) mass is 291 g/mol. The van der Waals surface area contributed by atoms with E-state index in [2.05, 4.69) is 68.8 Å². The molecule has 0 N–H and O–H groups in total. The average molecular weight is 291 g/mol. The number of hydrogen-bond acceptors (Lipinski definition) is 3. The molecule has 3 nitrogen and oxygen atoms in total. The normalized spacial score (nSPS) is 16.6. The lowest BCUT2D eigenvalue weighted by Gasteiger charge is -2.30. The van der Waals surface area contributed by atoms with E-state index in [9.17, 15) is 5.26 Å². The lowest BCUT2D eigenvalue weighted by atomic mass is 10.0. The van der Waals surface area contributed by atoms with Gasteiger partial charge in [-0.25, -0.2) is 0 Å². The smallest absolute Gasteiger partial charge is 0.103 e. The van der Waals surface area contributed by atoms with Crippen molar-refractivity contribution in [2.45, 2.75) is 33.9 Å². The highest BCUT2D eigenvalue weighted by Crippen LogP contribution is 2.46. The molecule has 0 unspecified atom stereocenters. The van der Waals surface area contributed by atoms with E-state index in [1.54, 1.807) is 0 Å². The maximum absolute atomic E-state index is 9.41. The Morgan fingerprint density at radius 1 is 1.05 bits per heavy atom. The molecule has 1 aliphatic rings. The Labute approximate surface area is 132 Å². The van der Waals surface area contributed by atoms with Crippen molar-refractivity contribution in [1.82, 2.24) is 0 Å². The molecule has 1 atom stereocenters. The van der Waals surface area contributed by atoms with Crippen LogP contribution in [-0.4, -0.2) is 13.2 Å². The molecule has 3 rings (SSSR count). The summed E-state index contributed by atoms with van der Waals surface area (Å²) in [6.07, 6.45) is 0.185. The first-order chi connectivity index (χ1) is 10.5. The molecule has 3 heteroatoms. The third-order valence-electron chi connectivity index (χ3n) is 4.56. The van der Waals surface area contributed by atoms with E-state index in [4.69, 9.17) is 0 Å². The summed E-state index contributed by atoms with van der Waals surface area (Å²) in [6.45, 7) is 8.63. The van der Waals surface area contributed by atoms with Crippen LogP contribution in [0.1, 0.15) is 29.2 Å². The average Bonchev–Trinajstić information content (AvgIpc) is 2.71. The zero-order valence-corrected chi connectivity index (χ0v) is 13.8. The van der Waals surface area contributed by atoms with Crippen molar-refractivity contribution in [3.8, 4) is 6.07 Å². The van der Waals surface area contributed by atoms with Gasteiger partial charge in [-0.15, -0.1) is 0 Å². The minimum atomic E-state index is 0.185. The van der Waals surface area contributed by atoms with Gasteiger partial charge in [-0.3, -0.25) is 0 Å². The van der Waals surface area contributed by atoms with Crippen LogP contribution in [0.2, 0.25) is 0 Å². The van der Waals surface area contributed by atoms with E-state index < -0.39 is 0 Å². The molecular formula is C19H21N3. The number of benzene rings is 2. The topological polar surface area (TPSA) is 30.3 Å². The molecule has 0 aliphatic carbocycles. The van der Waals surface area contributed by atoms with E-state index in [1.807, 2.05) is 12.1 Å². The van der Waals surface area contributed by atoms with Crippen LogP contribution in [0.4, 0.5) is 17.1 Å². The van der Waals surface area contributed by atoms with Gasteiger partial charge in [0.2, 0.25) is 0 Å². The van der Waals surface area contributed by atoms with Gasteiger partial charge in [0.25, 0.3) is 0 Å². The zero-order chi connectivity index (χ0) is 16.0. The van der Waals surface area contributed by atoms with Gasteiger partial charge in [0.1, 0.15) is 12.2 Å². The molecule has 22 heavy (non-hydrogen) atoms. The minimum absolute atomic E-state index is 0.185. The van der Waals surface area contributed by atoms with Crippen molar-refractivity contribution < 1.29 is 0 Å². The summed E-state index contributed by atoms with van der Waals surface area (Å²) < 4.78 is 0. The number of rotatable bonds is 1. The summed E-state index contributed by atoms with van der Waals surface area (Å²) in [5.41, 5.74) is 7.95. The van der Waals surface area contributed by atoms with Crippen molar-refractivity contribution in [1.29, 1.82) is 5.26 Å². The van der Waals surface area contributed by atoms with Gasteiger partial charge in [-0.1, -0.05) is 23.8 Å². The highest BCUT2D eigenvalue weighted by atomic mass is 15.4. The third-order valence-corrected chi connectivity index (χ3v) is 4.56. The molecule has 0 radical (unpaired) electrons. The largest absolute Gasteiger partial charge is 0.351 e. The third kappa shape index (κ3) is 1.95. The highest BCUT2D eigenvalue weighted by Gasteiger charge is 2.34. The van der Waals surface area contributed by atoms with E-state index in [0.29, 0.717) is 0 Å². The summed E-state index contributed by atoms with van der Waals surface area (Å²) in [5.74, 6) is 0. The summed E-state index contributed by atoms with van der Waals surface area (Å²) >= 11 is 0. The molecule has 1 aliphatic heterocycles. The minimum Gasteiger partial charge on any atom is -0.351 e.